The lowest BCUT2D eigenvalue weighted by Crippen LogP contribution is -2.48. The SMILES string of the molecule is CCCOc1ccc([C@H]2CC(=O)N3C(=C2C#N)SC[C@]3(O)c2ccc(OCC)cc2)cc1OCC. The number of aliphatic hydroxyl groups is 1. The van der Waals surface area contributed by atoms with Crippen LogP contribution in [0, 0.1) is 11.3 Å². The van der Waals surface area contributed by atoms with E-state index in [1.165, 1.54) is 16.7 Å². The highest BCUT2D eigenvalue weighted by Crippen LogP contribution is 2.52. The van der Waals surface area contributed by atoms with Gasteiger partial charge in [0.25, 0.3) is 0 Å². The van der Waals surface area contributed by atoms with Crippen LogP contribution in [0.4, 0.5) is 0 Å². The van der Waals surface area contributed by atoms with Crippen LogP contribution < -0.4 is 14.2 Å². The molecule has 0 spiro atoms. The number of nitriles is 1. The molecule has 0 bridgehead atoms. The summed E-state index contributed by atoms with van der Waals surface area (Å²) < 4.78 is 17.1. The van der Waals surface area contributed by atoms with Crippen LogP contribution in [-0.4, -0.2) is 41.5 Å². The van der Waals surface area contributed by atoms with Gasteiger partial charge in [0.05, 0.1) is 42.2 Å². The number of allylic oxidation sites excluding steroid dienone is 1. The van der Waals surface area contributed by atoms with E-state index in [0.717, 1.165) is 12.0 Å². The first kappa shape index (κ1) is 25.0. The van der Waals surface area contributed by atoms with Gasteiger partial charge in [-0.3, -0.25) is 9.69 Å². The van der Waals surface area contributed by atoms with Gasteiger partial charge in [-0.15, -0.1) is 11.8 Å². The number of benzene rings is 2. The first-order chi connectivity index (χ1) is 17.0. The van der Waals surface area contributed by atoms with Crippen molar-refractivity contribution < 1.29 is 24.1 Å². The van der Waals surface area contributed by atoms with E-state index in [1.807, 2.05) is 39.0 Å². The van der Waals surface area contributed by atoms with E-state index in [-0.39, 0.29) is 18.1 Å². The minimum absolute atomic E-state index is 0.0764. The standard InChI is InChI=1S/C27H30N2O5S/c1-4-13-34-23-12-7-18(14-24(23)33-6-3)21-15-25(30)29-26(22(21)16-28)35-17-27(29,31)19-8-10-20(11-9-19)32-5-2/h7-12,14,21,31H,4-6,13,15,17H2,1-3H3/t21-,27+/m1/s1. The monoisotopic (exact) mass is 494 g/mol. The Bertz CT molecular complexity index is 1160. The van der Waals surface area contributed by atoms with Crippen LogP contribution in [0.5, 0.6) is 17.2 Å². The van der Waals surface area contributed by atoms with Crippen molar-refractivity contribution in [2.24, 2.45) is 0 Å². The van der Waals surface area contributed by atoms with E-state index >= 15 is 0 Å². The van der Waals surface area contributed by atoms with Gasteiger partial charge in [0.15, 0.2) is 17.2 Å². The number of fused-ring (bicyclic) bond motifs is 1. The summed E-state index contributed by atoms with van der Waals surface area (Å²) in [6.07, 6.45) is 0.951. The van der Waals surface area contributed by atoms with Gasteiger partial charge in [-0.05, 0) is 50.1 Å². The fraction of sp³-hybridized carbons (Fsp3) is 0.407. The summed E-state index contributed by atoms with van der Waals surface area (Å²) in [4.78, 5) is 14.8. The zero-order chi connectivity index (χ0) is 25.0. The maximum atomic E-state index is 13.4. The number of hydrogen-bond donors (Lipinski definition) is 1. The Morgan fingerprint density at radius 2 is 1.83 bits per heavy atom. The minimum atomic E-state index is -1.52. The van der Waals surface area contributed by atoms with E-state index in [2.05, 4.69) is 6.07 Å². The van der Waals surface area contributed by atoms with Crippen molar-refractivity contribution in [2.75, 3.05) is 25.6 Å². The molecule has 0 aliphatic carbocycles. The highest BCUT2D eigenvalue weighted by molar-refractivity contribution is 8.03. The topological polar surface area (TPSA) is 92.0 Å². The molecule has 35 heavy (non-hydrogen) atoms. The van der Waals surface area contributed by atoms with Crippen LogP contribution in [-0.2, 0) is 10.5 Å². The van der Waals surface area contributed by atoms with Crippen molar-refractivity contribution in [3.63, 3.8) is 0 Å². The molecular formula is C27H30N2O5S. The van der Waals surface area contributed by atoms with Gasteiger partial charge in [-0.2, -0.15) is 5.26 Å². The van der Waals surface area contributed by atoms with Crippen molar-refractivity contribution >= 4 is 17.7 Å². The molecule has 1 saturated heterocycles. The van der Waals surface area contributed by atoms with Gasteiger partial charge in [0.1, 0.15) is 5.75 Å². The number of hydrogen-bond acceptors (Lipinski definition) is 7. The molecule has 2 aliphatic heterocycles. The summed E-state index contributed by atoms with van der Waals surface area (Å²) in [7, 11) is 0. The van der Waals surface area contributed by atoms with E-state index in [4.69, 9.17) is 14.2 Å². The highest BCUT2D eigenvalue weighted by Gasteiger charge is 2.51. The van der Waals surface area contributed by atoms with Crippen LogP contribution in [0.2, 0.25) is 0 Å². The molecule has 8 heteroatoms. The zero-order valence-corrected chi connectivity index (χ0v) is 21.1. The van der Waals surface area contributed by atoms with Crippen LogP contribution >= 0.6 is 11.8 Å². The Hall–Kier alpha value is -3.15. The molecule has 1 amide bonds. The maximum absolute atomic E-state index is 13.4. The number of nitrogens with zero attached hydrogens (tertiary/aromatic N) is 2. The first-order valence-electron chi connectivity index (χ1n) is 11.9. The molecule has 0 radical (unpaired) electrons. The molecule has 0 aromatic heterocycles. The highest BCUT2D eigenvalue weighted by atomic mass is 32.2. The van der Waals surface area contributed by atoms with Crippen molar-refractivity contribution in [1.29, 1.82) is 5.26 Å². The van der Waals surface area contributed by atoms with Gasteiger partial charge in [-0.1, -0.05) is 25.1 Å². The zero-order valence-electron chi connectivity index (χ0n) is 20.2. The third kappa shape index (κ3) is 4.71. The second-order valence-electron chi connectivity index (χ2n) is 8.37. The van der Waals surface area contributed by atoms with Gasteiger partial charge in [0.2, 0.25) is 5.91 Å². The molecule has 184 valence electrons. The lowest BCUT2D eigenvalue weighted by molar-refractivity contribution is -0.149. The number of rotatable bonds is 9. The quantitative estimate of drug-likeness (QED) is 0.529. The smallest absolute Gasteiger partial charge is 0.231 e. The minimum Gasteiger partial charge on any atom is -0.494 e. The van der Waals surface area contributed by atoms with E-state index in [1.54, 1.807) is 24.3 Å². The fourth-order valence-corrected chi connectivity index (χ4v) is 5.81. The molecule has 2 aromatic rings. The molecule has 0 saturated carbocycles. The molecule has 2 heterocycles. The summed E-state index contributed by atoms with van der Waals surface area (Å²) in [5.41, 5.74) is 0.347. The van der Waals surface area contributed by atoms with Gasteiger partial charge >= 0.3 is 0 Å². The number of amides is 1. The number of carbonyl (C=O) groups excluding carboxylic acids is 1. The molecule has 1 N–H and O–H groups in total. The van der Waals surface area contributed by atoms with Gasteiger partial charge in [-0.25, -0.2) is 0 Å². The van der Waals surface area contributed by atoms with Crippen molar-refractivity contribution in [3.8, 4) is 23.3 Å². The Morgan fingerprint density at radius 1 is 1.09 bits per heavy atom. The average Bonchev–Trinajstić information content (AvgIpc) is 3.23. The number of ether oxygens (including phenoxy) is 3. The maximum Gasteiger partial charge on any atom is 0.231 e. The predicted molar refractivity (Wildman–Crippen MR) is 134 cm³/mol. The second-order valence-corrected chi connectivity index (χ2v) is 9.33. The molecule has 2 aliphatic rings. The van der Waals surface area contributed by atoms with Crippen LogP contribution in [0.1, 0.15) is 50.7 Å². The second kappa shape index (κ2) is 10.6. The number of thioether (sulfide) groups is 1. The van der Waals surface area contributed by atoms with Crippen LogP contribution in [0.3, 0.4) is 0 Å². The molecule has 4 rings (SSSR count). The molecule has 7 nitrogen and oxygen atoms in total. The molecule has 1 fully saturated rings. The van der Waals surface area contributed by atoms with Crippen molar-refractivity contribution in [2.45, 2.75) is 45.3 Å². The molecule has 2 aromatic carbocycles. The van der Waals surface area contributed by atoms with E-state index in [0.29, 0.717) is 53.2 Å². The predicted octanol–water partition coefficient (Wildman–Crippen LogP) is 4.92. The normalized spacial score (nSPS) is 21.5. The van der Waals surface area contributed by atoms with Crippen LogP contribution in [0.25, 0.3) is 0 Å². The largest absolute Gasteiger partial charge is 0.494 e. The molecule has 2 atom stereocenters. The first-order valence-corrected chi connectivity index (χ1v) is 12.9. The third-order valence-corrected chi connectivity index (χ3v) is 7.29. The van der Waals surface area contributed by atoms with Crippen molar-refractivity contribution in [3.05, 3.63) is 64.2 Å². The van der Waals surface area contributed by atoms with Crippen LogP contribution in [0.15, 0.2) is 53.1 Å². The third-order valence-electron chi connectivity index (χ3n) is 6.07. The Kier molecular flexibility index (Phi) is 7.58. The Morgan fingerprint density at radius 3 is 2.49 bits per heavy atom. The summed E-state index contributed by atoms with van der Waals surface area (Å²) in [5.74, 6) is 1.53. The van der Waals surface area contributed by atoms with E-state index in [9.17, 15) is 15.2 Å². The van der Waals surface area contributed by atoms with Crippen molar-refractivity contribution in [1.82, 2.24) is 4.90 Å². The lowest BCUT2D eigenvalue weighted by atomic mass is 9.85. The summed E-state index contributed by atoms with van der Waals surface area (Å²) >= 11 is 1.33. The number of carbonyl (C=O) groups is 1. The lowest BCUT2D eigenvalue weighted by Gasteiger charge is -2.38. The summed E-state index contributed by atoms with van der Waals surface area (Å²) in [6, 6.07) is 15.0. The molecular weight excluding hydrogens is 464 g/mol. The van der Waals surface area contributed by atoms with Gasteiger partial charge < -0.3 is 19.3 Å². The Labute approximate surface area is 210 Å². The summed E-state index contributed by atoms with van der Waals surface area (Å²) in [6.45, 7) is 7.43. The van der Waals surface area contributed by atoms with Gasteiger partial charge in [0, 0.05) is 17.9 Å². The fourth-order valence-electron chi connectivity index (χ4n) is 4.45. The average molecular weight is 495 g/mol. The summed E-state index contributed by atoms with van der Waals surface area (Å²) in [5, 5.41) is 22.2. The van der Waals surface area contributed by atoms with E-state index < -0.39 is 11.6 Å². The molecule has 0 unspecified atom stereocenters. The Balaban J connectivity index is 1.70.